The van der Waals surface area contributed by atoms with Crippen LogP contribution in [-0.4, -0.2) is 12.1 Å². The molecular weight excluding hydrogens is 236 g/mol. The van der Waals surface area contributed by atoms with Gasteiger partial charge in [-0.2, -0.15) is 0 Å². The molecule has 100 valence electrons. The van der Waals surface area contributed by atoms with Crippen LogP contribution in [0.25, 0.3) is 0 Å². The predicted molar refractivity (Wildman–Crippen MR) is 76.6 cm³/mol. The fraction of sp³-hybridized carbons (Fsp3) is 0.312. The molecule has 0 unspecified atom stereocenters. The Balaban J connectivity index is 1.99. The van der Waals surface area contributed by atoms with Gasteiger partial charge >= 0.3 is 0 Å². The quantitative estimate of drug-likeness (QED) is 0.862. The van der Waals surface area contributed by atoms with Crippen molar-refractivity contribution >= 4 is 0 Å². The van der Waals surface area contributed by atoms with E-state index in [1.165, 1.54) is 16.7 Å². The highest BCUT2D eigenvalue weighted by Crippen LogP contribution is 2.14. The molecular formula is C16H20N2O. The van der Waals surface area contributed by atoms with Crippen molar-refractivity contribution in [3.63, 3.8) is 0 Å². The molecule has 0 aliphatic heterocycles. The highest BCUT2D eigenvalue weighted by Gasteiger charge is 2.06. The summed E-state index contributed by atoms with van der Waals surface area (Å²) in [7, 11) is 1.73. The second-order valence-corrected chi connectivity index (χ2v) is 4.58. The van der Waals surface area contributed by atoms with E-state index in [0.29, 0.717) is 12.6 Å². The zero-order valence-electron chi connectivity index (χ0n) is 11.5. The summed E-state index contributed by atoms with van der Waals surface area (Å²) in [4.78, 5) is 4.04. The molecule has 0 aliphatic rings. The second kappa shape index (κ2) is 7.02. The Kier molecular flexibility index (Phi) is 5.07. The van der Waals surface area contributed by atoms with Crippen molar-refractivity contribution in [2.24, 2.45) is 0 Å². The second-order valence-electron chi connectivity index (χ2n) is 4.58. The average Bonchev–Trinajstić information content (AvgIpc) is 2.47. The molecule has 0 saturated carbocycles. The van der Waals surface area contributed by atoms with Gasteiger partial charge in [-0.05, 0) is 35.7 Å². The molecule has 0 aliphatic carbocycles. The van der Waals surface area contributed by atoms with Gasteiger partial charge in [0.05, 0.1) is 6.61 Å². The van der Waals surface area contributed by atoms with Crippen LogP contribution in [0.15, 0.2) is 48.8 Å². The number of rotatable bonds is 6. The smallest absolute Gasteiger partial charge is 0.0716 e. The molecule has 3 nitrogen and oxygen atoms in total. The van der Waals surface area contributed by atoms with Crippen molar-refractivity contribution in [2.45, 2.75) is 26.1 Å². The summed E-state index contributed by atoms with van der Waals surface area (Å²) in [5, 5.41) is 3.53. The van der Waals surface area contributed by atoms with Crippen LogP contribution in [0.1, 0.15) is 29.7 Å². The average molecular weight is 256 g/mol. The van der Waals surface area contributed by atoms with Gasteiger partial charge in [0, 0.05) is 32.1 Å². The maximum atomic E-state index is 5.22. The van der Waals surface area contributed by atoms with E-state index < -0.39 is 0 Å². The zero-order valence-corrected chi connectivity index (χ0v) is 11.5. The summed E-state index contributed by atoms with van der Waals surface area (Å²) >= 11 is 0. The molecule has 0 spiro atoms. The summed E-state index contributed by atoms with van der Waals surface area (Å²) in [6.07, 6.45) is 3.65. The van der Waals surface area contributed by atoms with Crippen LogP contribution in [0, 0.1) is 0 Å². The number of nitrogens with zero attached hydrogens (tertiary/aromatic N) is 1. The molecule has 19 heavy (non-hydrogen) atoms. The number of nitrogens with one attached hydrogen (secondary N) is 1. The van der Waals surface area contributed by atoms with Gasteiger partial charge in [-0.15, -0.1) is 0 Å². The van der Waals surface area contributed by atoms with E-state index in [9.17, 15) is 0 Å². The third-order valence-electron chi connectivity index (χ3n) is 3.22. The van der Waals surface area contributed by atoms with Crippen molar-refractivity contribution in [2.75, 3.05) is 7.11 Å². The minimum absolute atomic E-state index is 0.304. The largest absolute Gasteiger partial charge is 0.380 e. The number of hydrogen-bond donors (Lipinski definition) is 1. The molecule has 0 radical (unpaired) electrons. The van der Waals surface area contributed by atoms with Crippen molar-refractivity contribution in [1.82, 2.24) is 10.3 Å². The molecule has 1 N–H and O–H groups in total. The summed E-state index contributed by atoms with van der Waals surface area (Å²) in [5.41, 5.74) is 3.77. The molecule has 1 aromatic carbocycles. The van der Waals surface area contributed by atoms with E-state index in [-0.39, 0.29) is 0 Å². The number of methoxy groups -OCH3 is 1. The topological polar surface area (TPSA) is 34.1 Å². The van der Waals surface area contributed by atoms with Gasteiger partial charge in [-0.3, -0.25) is 4.98 Å². The standard InChI is InChI=1S/C16H20N2O/c1-13(14-7-9-17-10-8-14)18-11-15-5-3-4-6-16(15)12-19-2/h3-10,13,18H,11-12H2,1-2H3/t13-/m0/s1. The molecule has 0 amide bonds. The van der Waals surface area contributed by atoms with Crippen molar-refractivity contribution in [3.05, 3.63) is 65.5 Å². The maximum absolute atomic E-state index is 5.22. The van der Waals surface area contributed by atoms with Crippen molar-refractivity contribution in [1.29, 1.82) is 0 Å². The highest BCUT2D eigenvalue weighted by atomic mass is 16.5. The zero-order chi connectivity index (χ0) is 13.5. The Hall–Kier alpha value is -1.71. The molecule has 0 fully saturated rings. The summed E-state index contributed by atoms with van der Waals surface area (Å²) in [5.74, 6) is 0. The predicted octanol–water partition coefficient (Wildman–Crippen LogP) is 3.08. The van der Waals surface area contributed by atoms with Crippen LogP contribution in [-0.2, 0) is 17.9 Å². The SMILES string of the molecule is COCc1ccccc1CN[C@@H](C)c1ccncc1. The van der Waals surface area contributed by atoms with E-state index in [1.807, 2.05) is 30.6 Å². The molecule has 3 heteroatoms. The van der Waals surface area contributed by atoms with Crippen LogP contribution >= 0.6 is 0 Å². The number of aromatic nitrogens is 1. The molecule has 1 heterocycles. The van der Waals surface area contributed by atoms with Gasteiger partial charge in [0.25, 0.3) is 0 Å². The van der Waals surface area contributed by atoms with Gasteiger partial charge in [-0.25, -0.2) is 0 Å². The van der Waals surface area contributed by atoms with Gasteiger partial charge in [0.1, 0.15) is 0 Å². The van der Waals surface area contributed by atoms with Gasteiger partial charge in [0.15, 0.2) is 0 Å². The third kappa shape index (κ3) is 3.88. The van der Waals surface area contributed by atoms with Gasteiger partial charge in [0.2, 0.25) is 0 Å². The summed E-state index contributed by atoms with van der Waals surface area (Å²) in [6.45, 7) is 3.65. The van der Waals surface area contributed by atoms with Crippen molar-refractivity contribution < 1.29 is 4.74 Å². The van der Waals surface area contributed by atoms with E-state index in [2.05, 4.69) is 35.4 Å². The Labute approximate surface area is 114 Å². The van der Waals surface area contributed by atoms with E-state index in [0.717, 1.165) is 6.54 Å². The number of benzene rings is 1. The Morgan fingerprint density at radius 1 is 1.11 bits per heavy atom. The lowest BCUT2D eigenvalue weighted by molar-refractivity contribution is 0.184. The van der Waals surface area contributed by atoms with Crippen molar-refractivity contribution in [3.8, 4) is 0 Å². The monoisotopic (exact) mass is 256 g/mol. The first-order valence-electron chi connectivity index (χ1n) is 6.50. The summed E-state index contributed by atoms with van der Waals surface area (Å²) < 4.78 is 5.22. The molecule has 0 saturated heterocycles. The first kappa shape index (κ1) is 13.7. The Morgan fingerprint density at radius 2 is 1.79 bits per heavy atom. The van der Waals surface area contributed by atoms with E-state index in [1.54, 1.807) is 7.11 Å². The van der Waals surface area contributed by atoms with Crippen LogP contribution < -0.4 is 5.32 Å². The lowest BCUT2D eigenvalue weighted by Gasteiger charge is -2.16. The lowest BCUT2D eigenvalue weighted by atomic mass is 10.1. The van der Waals surface area contributed by atoms with Crippen LogP contribution in [0.4, 0.5) is 0 Å². The molecule has 2 aromatic rings. The Morgan fingerprint density at radius 3 is 2.47 bits per heavy atom. The lowest BCUT2D eigenvalue weighted by Crippen LogP contribution is -2.19. The minimum Gasteiger partial charge on any atom is -0.380 e. The molecule has 2 rings (SSSR count). The van der Waals surface area contributed by atoms with E-state index in [4.69, 9.17) is 4.74 Å². The van der Waals surface area contributed by atoms with Crippen LogP contribution in [0.3, 0.4) is 0 Å². The number of hydrogen-bond acceptors (Lipinski definition) is 3. The first-order chi connectivity index (χ1) is 9.31. The fourth-order valence-electron chi connectivity index (χ4n) is 2.06. The first-order valence-corrected chi connectivity index (χ1v) is 6.50. The molecule has 1 atom stereocenters. The van der Waals surface area contributed by atoms with E-state index >= 15 is 0 Å². The van der Waals surface area contributed by atoms with Gasteiger partial charge < -0.3 is 10.1 Å². The normalized spacial score (nSPS) is 12.3. The molecule has 0 bridgehead atoms. The third-order valence-corrected chi connectivity index (χ3v) is 3.22. The minimum atomic E-state index is 0.304. The van der Waals surface area contributed by atoms with Gasteiger partial charge in [-0.1, -0.05) is 24.3 Å². The highest BCUT2D eigenvalue weighted by molar-refractivity contribution is 5.26. The Bertz CT molecular complexity index is 499. The number of pyridine rings is 1. The molecule has 1 aromatic heterocycles. The number of ether oxygens (including phenoxy) is 1. The van der Waals surface area contributed by atoms with Crippen LogP contribution in [0.5, 0.6) is 0 Å². The maximum Gasteiger partial charge on any atom is 0.0716 e. The summed E-state index contributed by atoms with van der Waals surface area (Å²) in [6, 6.07) is 12.7. The van der Waals surface area contributed by atoms with Crippen LogP contribution in [0.2, 0.25) is 0 Å². The fourth-order valence-corrected chi connectivity index (χ4v) is 2.06.